The molecule has 1 aromatic heterocycles. The number of ether oxygens (including phenoxy) is 1. The van der Waals surface area contributed by atoms with Gasteiger partial charge in [-0.05, 0) is 70.6 Å². The summed E-state index contributed by atoms with van der Waals surface area (Å²) in [6.07, 6.45) is 5.04. The van der Waals surface area contributed by atoms with Gasteiger partial charge in [-0.25, -0.2) is 8.96 Å². The molecule has 3 nitrogen and oxygen atoms in total. The fourth-order valence-corrected chi connectivity index (χ4v) is 4.55. The maximum absolute atomic E-state index is 13.6. The number of halogens is 1. The van der Waals surface area contributed by atoms with Crippen LogP contribution in [0.5, 0.6) is 5.75 Å². The van der Waals surface area contributed by atoms with Gasteiger partial charge in [0.1, 0.15) is 18.6 Å². The lowest BCUT2D eigenvalue weighted by atomic mass is 9.87. The summed E-state index contributed by atoms with van der Waals surface area (Å²) in [4.78, 5) is 2.37. The zero-order valence-electron chi connectivity index (χ0n) is 18.3. The Balaban J connectivity index is 1.57. The SMILES string of the molecule is COc1ccc2c(c1)CCN(c1ccc(F)cc1)C2c1ccc(-c2cc[n+](C)cc2)cc1. The van der Waals surface area contributed by atoms with Crippen molar-refractivity contribution in [2.45, 2.75) is 12.5 Å². The number of pyridine rings is 1. The molecule has 3 aromatic carbocycles. The van der Waals surface area contributed by atoms with Crippen LogP contribution in [-0.2, 0) is 13.5 Å². The van der Waals surface area contributed by atoms with Gasteiger partial charge < -0.3 is 9.64 Å². The Bertz CT molecular complexity index is 1220. The number of aromatic nitrogens is 1. The van der Waals surface area contributed by atoms with Crippen LogP contribution in [0.25, 0.3) is 11.1 Å². The van der Waals surface area contributed by atoms with Crippen molar-refractivity contribution in [3.05, 3.63) is 114 Å². The highest BCUT2D eigenvalue weighted by Crippen LogP contribution is 2.40. The van der Waals surface area contributed by atoms with E-state index in [1.807, 2.05) is 29.8 Å². The van der Waals surface area contributed by atoms with Crippen molar-refractivity contribution >= 4 is 5.69 Å². The maximum Gasteiger partial charge on any atom is 0.169 e. The van der Waals surface area contributed by atoms with Crippen molar-refractivity contribution in [1.82, 2.24) is 0 Å². The summed E-state index contributed by atoms with van der Waals surface area (Å²) in [5.74, 6) is 0.665. The van der Waals surface area contributed by atoms with E-state index in [0.717, 1.165) is 24.4 Å². The van der Waals surface area contributed by atoms with E-state index in [1.165, 1.54) is 39.9 Å². The topological polar surface area (TPSA) is 16.4 Å². The Morgan fingerprint density at radius 1 is 0.875 bits per heavy atom. The molecule has 0 amide bonds. The number of anilines is 1. The van der Waals surface area contributed by atoms with Gasteiger partial charge in [-0.1, -0.05) is 30.3 Å². The highest BCUT2D eigenvalue weighted by molar-refractivity contribution is 5.64. The van der Waals surface area contributed by atoms with E-state index in [4.69, 9.17) is 4.74 Å². The Labute approximate surface area is 188 Å². The molecule has 0 N–H and O–H groups in total. The van der Waals surface area contributed by atoms with Crippen LogP contribution in [0, 0.1) is 5.82 Å². The molecule has 4 aromatic rings. The minimum atomic E-state index is -0.215. The molecule has 2 heterocycles. The van der Waals surface area contributed by atoms with E-state index in [1.54, 1.807) is 7.11 Å². The first kappa shape index (κ1) is 20.3. The third kappa shape index (κ3) is 3.84. The van der Waals surface area contributed by atoms with Crippen molar-refractivity contribution in [2.24, 2.45) is 7.05 Å². The standard InChI is InChI=1S/C28H26FN2O/c1-30-16-13-21(14-17-30)20-3-5-22(6-4-20)28-27-12-11-26(32-2)19-23(27)15-18-31(28)25-9-7-24(29)8-10-25/h3-14,16-17,19,28H,15,18H2,1-2H3/q+1. The van der Waals surface area contributed by atoms with Gasteiger partial charge in [0.05, 0.1) is 13.2 Å². The van der Waals surface area contributed by atoms with Crippen molar-refractivity contribution in [1.29, 1.82) is 0 Å². The molecule has 0 saturated carbocycles. The highest BCUT2D eigenvalue weighted by Gasteiger charge is 2.29. The molecule has 0 saturated heterocycles. The zero-order chi connectivity index (χ0) is 22.1. The summed E-state index contributed by atoms with van der Waals surface area (Å²) < 4.78 is 21.1. The molecule has 1 unspecified atom stereocenters. The molecule has 0 radical (unpaired) electrons. The lowest BCUT2D eigenvalue weighted by Crippen LogP contribution is -2.36. The summed E-state index contributed by atoms with van der Waals surface area (Å²) in [6, 6.07) is 26.2. The first-order valence-electron chi connectivity index (χ1n) is 10.9. The lowest BCUT2D eigenvalue weighted by Gasteiger charge is -2.39. The highest BCUT2D eigenvalue weighted by atomic mass is 19.1. The molecule has 4 heteroatoms. The molecule has 32 heavy (non-hydrogen) atoms. The van der Waals surface area contributed by atoms with E-state index in [2.05, 4.69) is 65.8 Å². The van der Waals surface area contributed by atoms with Gasteiger partial charge in [0.15, 0.2) is 12.4 Å². The quantitative estimate of drug-likeness (QED) is 0.403. The number of rotatable bonds is 4. The minimum absolute atomic E-state index is 0.0535. The van der Waals surface area contributed by atoms with Crippen LogP contribution in [0.1, 0.15) is 22.7 Å². The van der Waals surface area contributed by atoms with E-state index in [0.29, 0.717) is 0 Å². The van der Waals surface area contributed by atoms with E-state index in [-0.39, 0.29) is 11.9 Å². The number of fused-ring (bicyclic) bond motifs is 1. The average molecular weight is 426 g/mol. The van der Waals surface area contributed by atoms with Crippen LogP contribution in [0.2, 0.25) is 0 Å². The van der Waals surface area contributed by atoms with Crippen molar-refractivity contribution < 1.29 is 13.7 Å². The Morgan fingerprint density at radius 2 is 1.56 bits per heavy atom. The van der Waals surface area contributed by atoms with Crippen molar-refractivity contribution in [3.63, 3.8) is 0 Å². The summed E-state index contributed by atoms with van der Waals surface area (Å²) in [5.41, 5.74) is 7.18. The molecule has 0 fully saturated rings. The van der Waals surface area contributed by atoms with Crippen LogP contribution in [-0.4, -0.2) is 13.7 Å². The number of aryl methyl sites for hydroxylation is 1. The second-order valence-electron chi connectivity index (χ2n) is 8.26. The van der Waals surface area contributed by atoms with Gasteiger partial charge in [-0.3, -0.25) is 0 Å². The molecule has 0 spiro atoms. The predicted molar refractivity (Wildman–Crippen MR) is 125 cm³/mol. The molecule has 0 bridgehead atoms. The fourth-order valence-electron chi connectivity index (χ4n) is 4.55. The van der Waals surface area contributed by atoms with Gasteiger partial charge in [0.2, 0.25) is 0 Å². The van der Waals surface area contributed by atoms with Crippen molar-refractivity contribution in [3.8, 4) is 16.9 Å². The lowest BCUT2D eigenvalue weighted by molar-refractivity contribution is -0.671. The van der Waals surface area contributed by atoms with Gasteiger partial charge in [0.25, 0.3) is 0 Å². The second kappa shape index (κ2) is 8.46. The number of hydrogen-bond donors (Lipinski definition) is 0. The Kier molecular flexibility index (Phi) is 5.36. The minimum Gasteiger partial charge on any atom is -0.497 e. The molecular weight excluding hydrogens is 399 g/mol. The Morgan fingerprint density at radius 3 is 2.25 bits per heavy atom. The molecule has 1 atom stereocenters. The van der Waals surface area contributed by atoms with Gasteiger partial charge in [0, 0.05) is 24.4 Å². The van der Waals surface area contributed by atoms with Crippen LogP contribution in [0.15, 0.2) is 91.3 Å². The maximum atomic E-state index is 13.6. The first-order chi connectivity index (χ1) is 15.6. The normalized spacial score (nSPS) is 15.3. The smallest absolute Gasteiger partial charge is 0.169 e. The van der Waals surface area contributed by atoms with Crippen LogP contribution >= 0.6 is 0 Å². The monoisotopic (exact) mass is 425 g/mol. The first-order valence-corrected chi connectivity index (χ1v) is 10.9. The second-order valence-corrected chi connectivity index (χ2v) is 8.26. The molecule has 5 rings (SSSR count). The van der Waals surface area contributed by atoms with Crippen molar-refractivity contribution in [2.75, 3.05) is 18.6 Å². The molecule has 0 aliphatic carbocycles. The summed E-state index contributed by atoms with van der Waals surface area (Å²) >= 11 is 0. The zero-order valence-corrected chi connectivity index (χ0v) is 18.3. The number of hydrogen-bond acceptors (Lipinski definition) is 2. The van der Waals surface area contributed by atoms with Gasteiger partial charge in [-0.15, -0.1) is 0 Å². The summed E-state index contributed by atoms with van der Waals surface area (Å²) in [6.45, 7) is 0.855. The van der Waals surface area contributed by atoms with Crippen LogP contribution < -0.4 is 14.2 Å². The number of benzene rings is 3. The van der Waals surface area contributed by atoms with Gasteiger partial charge >= 0.3 is 0 Å². The predicted octanol–water partition coefficient (Wildman–Crippen LogP) is 5.48. The number of nitrogens with zero attached hydrogens (tertiary/aromatic N) is 2. The Hall–Kier alpha value is -3.66. The van der Waals surface area contributed by atoms with Crippen LogP contribution in [0.4, 0.5) is 10.1 Å². The number of methoxy groups -OCH3 is 1. The molecule has 160 valence electrons. The summed E-state index contributed by atoms with van der Waals surface area (Å²) in [7, 11) is 3.72. The fraction of sp³-hybridized carbons (Fsp3) is 0.179. The van der Waals surface area contributed by atoms with E-state index < -0.39 is 0 Å². The largest absolute Gasteiger partial charge is 0.497 e. The van der Waals surface area contributed by atoms with Crippen LogP contribution in [0.3, 0.4) is 0 Å². The van der Waals surface area contributed by atoms with E-state index in [9.17, 15) is 4.39 Å². The third-order valence-corrected chi connectivity index (χ3v) is 6.27. The molecule has 1 aliphatic rings. The third-order valence-electron chi connectivity index (χ3n) is 6.27. The average Bonchev–Trinajstić information content (AvgIpc) is 2.84. The summed E-state index contributed by atoms with van der Waals surface area (Å²) in [5, 5.41) is 0. The molecular formula is C28H26FN2O+. The van der Waals surface area contributed by atoms with E-state index >= 15 is 0 Å². The molecule has 1 aliphatic heterocycles. The van der Waals surface area contributed by atoms with Gasteiger partial charge in [-0.2, -0.15) is 0 Å².